The molecule has 1 aliphatic heterocycles. The second-order valence-electron chi connectivity index (χ2n) is 9.11. The zero-order valence-electron chi connectivity index (χ0n) is 19.4. The Bertz CT molecular complexity index is 1300. The van der Waals surface area contributed by atoms with E-state index in [4.69, 9.17) is 4.98 Å². The molecular weight excluding hydrogens is 488 g/mol. The van der Waals surface area contributed by atoms with Crippen molar-refractivity contribution in [3.8, 4) is 5.69 Å². The van der Waals surface area contributed by atoms with Gasteiger partial charge in [-0.25, -0.2) is 4.98 Å². The molecule has 1 fully saturated rings. The van der Waals surface area contributed by atoms with E-state index >= 15 is 0 Å². The lowest BCUT2D eigenvalue weighted by Crippen LogP contribution is -2.42. The third kappa shape index (κ3) is 5.08. The first kappa shape index (κ1) is 22.8. The zero-order valence-corrected chi connectivity index (χ0v) is 21.0. The number of piperidine rings is 1. The molecule has 174 valence electrons. The molecule has 0 unspecified atom stereocenters. The number of para-hydroxylation sites is 2. The molecule has 34 heavy (non-hydrogen) atoms. The number of likely N-dealkylation sites (tertiary alicyclic amines) is 1. The predicted octanol–water partition coefficient (Wildman–Crippen LogP) is 5.62. The van der Waals surface area contributed by atoms with E-state index in [1.54, 1.807) is 0 Å². The minimum Gasteiger partial charge on any atom is -0.352 e. The number of aromatic nitrogens is 2. The summed E-state index contributed by atoms with van der Waals surface area (Å²) >= 11 is 3.54. The molecule has 1 N–H and O–H groups in total. The normalized spacial score (nSPS) is 16.6. The fraction of sp³-hybridized carbons (Fsp3) is 0.286. The number of carbonyl (C=O) groups excluding carboxylic acids is 1. The summed E-state index contributed by atoms with van der Waals surface area (Å²) in [5.41, 5.74) is 5.54. The number of fused-ring (bicyclic) bond motifs is 1. The molecule has 1 amide bonds. The number of hydrogen-bond acceptors (Lipinski definition) is 3. The van der Waals surface area contributed by atoms with E-state index in [1.807, 2.05) is 12.1 Å². The number of rotatable bonds is 6. The van der Waals surface area contributed by atoms with Gasteiger partial charge in [-0.05, 0) is 68.3 Å². The maximum Gasteiger partial charge on any atom is 0.224 e. The third-order valence-corrected chi connectivity index (χ3v) is 7.03. The first-order valence-electron chi connectivity index (χ1n) is 11.8. The van der Waals surface area contributed by atoms with Crippen LogP contribution in [0.15, 0.2) is 77.3 Å². The SMILES string of the molecule is Cc1cccc(CNC(=O)[C@@H]2CCCN(Cc3nc4ccccc4n3-c3ccc(Br)cc3)C2)c1. The van der Waals surface area contributed by atoms with E-state index in [9.17, 15) is 4.79 Å². The molecule has 1 aliphatic rings. The van der Waals surface area contributed by atoms with Gasteiger partial charge in [-0.2, -0.15) is 0 Å². The second-order valence-corrected chi connectivity index (χ2v) is 10.0. The average molecular weight is 517 g/mol. The largest absolute Gasteiger partial charge is 0.352 e. The van der Waals surface area contributed by atoms with Crippen LogP contribution >= 0.6 is 15.9 Å². The van der Waals surface area contributed by atoms with Crippen LogP contribution in [0, 0.1) is 12.8 Å². The summed E-state index contributed by atoms with van der Waals surface area (Å²) in [6.45, 7) is 5.10. The predicted molar refractivity (Wildman–Crippen MR) is 140 cm³/mol. The number of nitrogens with zero attached hydrogens (tertiary/aromatic N) is 3. The molecule has 2 heterocycles. The van der Waals surface area contributed by atoms with E-state index in [0.717, 1.165) is 58.5 Å². The van der Waals surface area contributed by atoms with Crippen molar-refractivity contribution < 1.29 is 4.79 Å². The molecule has 0 aliphatic carbocycles. The molecule has 3 aromatic carbocycles. The Balaban J connectivity index is 1.31. The van der Waals surface area contributed by atoms with E-state index in [1.165, 1.54) is 5.56 Å². The zero-order chi connectivity index (χ0) is 23.5. The lowest BCUT2D eigenvalue weighted by atomic mass is 9.97. The number of aryl methyl sites for hydroxylation is 1. The fourth-order valence-corrected chi connectivity index (χ4v) is 5.09. The van der Waals surface area contributed by atoms with Crippen LogP contribution in [0.25, 0.3) is 16.7 Å². The highest BCUT2D eigenvalue weighted by atomic mass is 79.9. The minimum absolute atomic E-state index is 0.00377. The van der Waals surface area contributed by atoms with Crippen molar-refractivity contribution in [3.05, 3.63) is 94.2 Å². The summed E-state index contributed by atoms with van der Waals surface area (Å²) in [7, 11) is 0. The molecule has 6 heteroatoms. The maximum absolute atomic E-state index is 13.0. The van der Waals surface area contributed by atoms with Gasteiger partial charge in [-0.1, -0.05) is 57.9 Å². The van der Waals surface area contributed by atoms with Crippen molar-refractivity contribution in [1.82, 2.24) is 19.8 Å². The van der Waals surface area contributed by atoms with Gasteiger partial charge in [0, 0.05) is 23.2 Å². The maximum atomic E-state index is 13.0. The Labute approximate surface area is 208 Å². The van der Waals surface area contributed by atoms with E-state index in [-0.39, 0.29) is 11.8 Å². The molecule has 1 aromatic heterocycles. The lowest BCUT2D eigenvalue weighted by Gasteiger charge is -2.31. The van der Waals surface area contributed by atoms with Crippen LogP contribution < -0.4 is 5.32 Å². The summed E-state index contributed by atoms with van der Waals surface area (Å²) in [5.74, 6) is 1.15. The van der Waals surface area contributed by atoms with Gasteiger partial charge in [0.1, 0.15) is 5.82 Å². The van der Waals surface area contributed by atoms with Gasteiger partial charge in [-0.15, -0.1) is 0 Å². The number of nitrogens with one attached hydrogen (secondary N) is 1. The van der Waals surface area contributed by atoms with Gasteiger partial charge < -0.3 is 5.32 Å². The van der Waals surface area contributed by atoms with Crippen LogP contribution in [-0.2, 0) is 17.9 Å². The molecule has 5 rings (SSSR count). The molecule has 1 atom stereocenters. The van der Waals surface area contributed by atoms with Crippen LogP contribution in [0.1, 0.15) is 29.8 Å². The van der Waals surface area contributed by atoms with Gasteiger partial charge in [0.15, 0.2) is 0 Å². The molecule has 0 bridgehead atoms. The third-order valence-electron chi connectivity index (χ3n) is 6.51. The number of carbonyl (C=O) groups is 1. The Morgan fingerprint density at radius 2 is 1.91 bits per heavy atom. The van der Waals surface area contributed by atoms with Crippen LogP contribution in [0.2, 0.25) is 0 Å². The summed E-state index contributed by atoms with van der Waals surface area (Å²) < 4.78 is 3.29. The molecule has 4 aromatic rings. The topological polar surface area (TPSA) is 50.2 Å². The van der Waals surface area contributed by atoms with Crippen molar-refractivity contribution >= 4 is 32.9 Å². The number of hydrogen-bond donors (Lipinski definition) is 1. The Hall–Kier alpha value is -2.96. The highest BCUT2D eigenvalue weighted by molar-refractivity contribution is 9.10. The Morgan fingerprint density at radius 1 is 1.09 bits per heavy atom. The monoisotopic (exact) mass is 516 g/mol. The van der Waals surface area contributed by atoms with Gasteiger partial charge in [0.25, 0.3) is 0 Å². The van der Waals surface area contributed by atoms with Gasteiger partial charge in [-0.3, -0.25) is 14.3 Å². The van der Waals surface area contributed by atoms with Crippen LogP contribution in [-0.4, -0.2) is 33.4 Å². The molecular formula is C28H29BrN4O. The van der Waals surface area contributed by atoms with E-state index in [0.29, 0.717) is 13.1 Å². The smallest absolute Gasteiger partial charge is 0.224 e. The fourth-order valence-electron chi connectivity index (χ4n) is 4.83. The van der Waals surface area contributed by atoms with Gasteiger partial charge >= 0.3 is 0 Å². The van der Waals surface area contributed by atoms with Crippen molar-refractivity contribution in [2.75, 3.05) is 13.1 Å². The first-order chi connectivity index (χ1) is 16.6. The van der Waals surface area contributed by atoms with Crippen LogP contribution in [0.3, 0.4) is 0 Å². The number of imidazole rings is 1. The number of benzene rings is 3. The Kier molecular flexibility index (Phi) is 6.79. The van der Waals surface area contributed by atoms with Crippen molar-refractivity contribution in [2.45, 2.75) is 32.9 Å². The van der Waals surface area contributed by atoms with E-state index in [2.05, 4.69) is 98.3 Å². The van der Waals surface area contributed by atoms with Gasteiger partial charge in [0.05, 0.1) is 23.5 Å². The standard InChI is InChI=1S/C28H29BrN4O/c1-20-6-4-7-21(16-20)17-30-28(34)22-8-5-15-32(18-22)19-27-31-25-9-2-3-10-26(25)33(27)24-13-11-23(29)12-14-24/h2-4,6-7,9-14,16,22H,5,8,15,17-19H2,1H3,(H,30,34)/t22-/m1/s1. The number of amides is 1. The van der Waals surface area contributed by atoms with E-state index < -0.39 is 0 Å². The first-order valence-corrected chi connectivity index (χ1v) is 12.6. The van der Waals surface area contributed by atoms with Crippen molar-refractivity contribution in [2.24, 2.45) is 5.92 Å². The molecule has 0 spiro atoms. The van der Waals surface area contributed by atoms with Crippen molar-refractivity contribution in [1.29, 1.82) is 0 Å². The molecule has 1 saturated heterocycles. The summed E-state index contributed by atoms with van der Waals surface area (Å²) in [4.78, 5) is 20.3. The molecule has 0 saturated carbocycles. The second kappa shape index (κ2) is 10.1. The quantitative estimate of drug-likeness (QED) is 0.361. The van der Waals surface area contributed by atoms with Crippen LogP contribution in [0.5, 0.6) is 0 Å². The lowest BCUT2D eigenvalue weighted by molar-refractivity contribution is -0.127. The van der Waals surface area contributed by atoms with Crippen molar-refractivity contribution in [3.63, 3.8) is 0 Å². The highest BCUT2D eigenvalue weighted by Crippen LogP contribution is 2.25. The number of halogens is 1. The minimum atomic E-state index is 0.00377. The summed E-state index contributed by atoms with van der Waals surface area (Å²) in [5, 5.41) is 3.15. The summed E-state index contributed by atoms with van der Waals surface area (Å²) in [6.07, 6.45) is 1.94. The van der Waals surface area contributed by atoms with Gasteiger partial charge in [0.2, 0.25) is 5.91 Å². The summed E-state index contributed by atoms with van der Waals surface area (Å²) in [6, 6.07) is 24.9. The Morgan fingerprint density at radius 3 is 2.74 bits per heavy atom. The average Bonchev–Trinajstić information content (AvgIpc) is 3.21. The molecule has 5 nitrogen and oxygen atoms in total. The van der Waals surface area contributed by atoms with Crippen LogP contribution in [0.4, 0.5) is 0 Å². The molecule has 0 radical (unpaired) electrons. The highest BCUT2D eigenvalue weighted by Gasteiger charge is 2.27.